The van der Waals surface area contributed by atoms with E-state index in [-0.39, 0.29) is 0 Å². The predicted molar refractivity (Wildman–Crippen MR) is 58.7 cm³/mol. The second-order valence-electron chi connectivity index (χ2n) is 4.45. The number of aromatic nitrogens is 1. The number of hydrogen-bond acceptors (Lipinski definition) is 1. The Labute approximate surface area is 84.3 Å². The second-order valence-corrected chi connectivity index (χ2v) is 4.45. The third-order valence-corrected chi connectivity index (χ3v) is 2.70. The van der Waals surface area contributed by atoms with Crippen molar-refractivity contribution in [2.75, 3.05) is 0 Å². The first-order valence-electron chi connectivity index (χ1n) is 5.19. The van der Waals surface area contributed by atoms with E-state index in [1.807, 2.05) is 6.26 Å². The van der Waals surface area contributed by atoms with Crippen LogP contribution in [0.15, 0.2) is 16.9 Å². The molecule has 0 aliphatic carbocycles. The van der Waals surface area contributed by atoms with Gasteiger partial charge in [0.25, 0.3) is 0 Å². The van der Waals surface area contributed by atoms with Gasteiger partial charge in [-0.2, -0.15) is 0 Å². The van der Waals surface area contributed by atoms with E-state index in [0.717, 1.165) is 5.58 Å². The van der Waals surface area contributed by atoms with Gasteiger partial charge in [0.05, 0.1) is 11.8 Å². The first-order chi connectivity index (χ1) is 6.61. The van der Waals surface area contributed by atoms with Crippen molar-refractivity contribution in [3.05, 3.63) is 23.6 Å². The Hall–Kier alpha value is -1.18. The first-order valence-corrected chi connectivity index (χ1v) is 5.19. The van der Waals surface area contributed by atoms with Crippen LogP contribution >= 0.6 is 0 Å². The summed E-state index contributed by atoms with van der Waals surface area (Å²) in [5.74, 6) is 1.02. The summed E-state index contributed by atoms with van der Waals surface area (Å²) in [6.45, 7) is 8.72. The number of rotatable bonds is 2. The van der Waals surface area contributed by atoms with E-state index in [9.17, 15) is 0 Å². The van der Waals surface area contributed by atoms with E-state index in [1.54, 1.807) is 0 Å². The molecule has 76 valence electrons. The van der Waals surface area contributed by atoms with Gasteiger partial charge < -0.3 is 9.40 Å². The summed E-state index contributed by atoms with van der Waals surface area (Å²) in [7, 11) is 0. The Morgan fingerprint density at radius 1 is 1.07 bits per heavy atom. The van der Waals surface area contributed by atoms with Gasteiger partial charge in [-0.3, -0.25) is 0 Å². The van der Waals surface area contributed by atoms with Gasteiger partial charge in [-0.05, 0) is 11.8 Å². The van der Waals surface area contributed by atoms with Crippen molar-refractivity contribution in [2.45, 2.75) is 39.5 Å². The van der Waals surface area contributed by atoms with E-state index < -0.39 is 0 Å². The highest BCUT2D eigenvalue weighted by Crippen LogP contribution is 2.31. The third-order valence-electron chi connectivity index (χ3n) is 2.70. The molecule has 0 bridgehead atoms. The fourth-order valence-electron chi connectivity index (χ4n) is 1.80. The number of H-pyrrole nitrogens is 1. The van der Waals surface area contributed by atoms with Gasteiger partial charge in [0.2, 0.25) is 0 Å². The fraction of sp³-hybridized carbons (Fsp3) is 0.500. The summed E-state index contributed by atoms with van der Waals surface area (Å²) in [5, 5.41) is 0. The standard InChI is InChI=1S/C12H17NO/c1-7(2)9-5-13-11-10(8(3)4)6-14-12(9)11/h5-8,13H,1-4H3. The highest BCUT2D eigenvalue weighted by atomic mass is 16.3. The third kappa shape index (κ3) is 1.26. The van der Waals surface area contributed by atoms with Gasteiger partial charge in [0.1, 0.15) is 0 Å². The van der Waals surface area contributed by atoms with Crippen molar-refractivity contribution in [3.63, 3.8) is 0 Å². The van der Waals surface area contributed by atoms with Crippen molar-refractivity contribution >= 4 is 11.1 Å². The monoisotopic (exact) mass is 191 g/mol. The maximum Gasteiger partial charge on any atom is 0.155 e. The lowest BCUT2D eigenvalue weighted by Crippen LogP contribution is -1.83. The molecule has 0 unspecified atom stereocenters. The van der Waals surface area contributed by atoms with Gasteiger partial charge in [0, 0.05) is 17.3 Å². The van der Waals surface area contributed by atoms with Crippen LogP contribution in [0.3, 0.4) is 0 Å². The van der Waals surface area contributed by atoms with Crippen molar-refractivity contribution in [3.8, 4) is 0 Å². The molecule has 0 fully saturated rings. The number of nitrogens with one attached hydrogen (secondary N) is 1. The zero-order chi connectivity index (χ0) is 10.3. The van der Waals surface area contributed by atoms with Crippen LogP contribution in [0.1, 0.15) is 50.7 Å². The van der Waals surface area contributed by atoms with Crippen molar-refractivity contribution < 1.29 is 4.42 Å². The Bertz CT molecular complexity index is 392. The molecule has 0 aliphatic rings. The van der Waals surface area contributed by atoms with E-state index in [2.05, 4.69) is 38.9 Å². The number of hydrogen-bond donors (Lipinski definition) is 1. The molecule has 0 aromatic carbocycles. The normalized spacial score (nSPS) is 12.1. The Kier molecular flexibility index (Phi) is 2.14. The highest BCUT2D eigenvalue weighted by Gasteiger charge is 2.15. The molecule has 2 aromatic heterocycles. The quantitative estimate of drug-likeness (QED) is 0.763. The Morgan fingerprint density at radius 3 is 2.29 bits per heavy atom. The number of furan rings is 1. The summed E-state index contributed by atoms with van der Waals surface area (Å²) in [6, 6.07) is 0. The smallest absolute Gasteiger partial charge is 0.155 e. The van der Waals surface area contributed by atoms with Crippen LogP contribution in [0.5, 0.6) is 0 Å². The summed E-state index contributed by atoms with van der Waals surface area (Å²) in [4.78, 5) is 3.31. The molecule has 2 aromatic rings. The first kappa shape index (κ1) is 9.38. The van der Waals surface area contributed by atoms with Gasteiger partial charge in [0.15, 0.2) is 5.58 Å². The number of fused-ring (bicyclic) bond motifs is 1. The molecule has 0 saturated heterocycles. The lowest BCUT2D eigenvalue weighted by molar-refractivity contribution is 0.599. The SMILES string of the molecule is CC(C)c1coc2c(C(C)C)c[nH]c12. The summed E-state index contributed by atoms with van der Waals surface area (Å²) < 4.78 is 5.61. The molecule has 2 heteroatoms. The Morgan fingerprint density at radius 2 is 1.71 bits per heavy atom. The predicted octanol–water partition coefficient (Wildman–Crippen LogP) is 4.01. The van der Waals surface area contributed by atoms with Gasteiger partial charge >= 0.3 is 0 Å². The molecule has 14 heavy (non-hydrogen) atoms. The number of aromatic amines is 1. The molecule has 2 heterocycles. The highest BCUT2D eigenvalue weighted by molar-refractivity contribution is 5.81. The molecule has 2 rings (SSSR count). The van der Waals surface area contributed by atoms with E-state index in [0.29, 0.717) is 11.8 Å². The van der Waals surface area contributed by atoms with E-state index in [4.69, 9.17) is 4.42 Å². The van der Waals surface area contributed by atoms with E-state index in [1.165, 1.54) is 16.6 Å². The van der Waals surface area contributed by atoms with Crippen LogP contribution in [0.4, 0.5) is 0 Å². The lowest BCUT2D eigenvalue weighted by Gasteiger charge is -1.98. The second kappa shape index (κ2) is 3.19. The maximum absolute atomic E-state index is 5.61. The van der Waals surface area contributed by atoms with Crippen molar-refractivity contribution in [1.82, 2.24) is 4.98 Å². The molecule has 0 atom stereocenters. The maximum atomic E-state index is 5.61. The molecular formula is C12H17NO. The average molecular weight is 191 g/mol. The van der Waals surface area contributed by atoms with Crippen LogP contribution in [-0.2, 0) is 0 Å². The molecule has 1 N–H and O–H groups in total. The zero-order valence-electron chi connectivity index (χ0n) is 9.22. The summed E-state index contributed by atoms with van der Waals surface area (Å²) >= 11 is 0. The molecular weight excluding hydrogens is 174 g/mol. The topological polar surface area (TPSA) is 28.9 Å². The van der Waals surface area contributed by atoms with E-state index >= 15 is 0 Å². The molecule has 0 amide bonds. The van der Waals surface area contributed by atoms with Crippen LogP contribution in [0, 0.1) is 0 Å². The molecule has 0 spiro atoms. The van der Waals surface area contributed by atoms with Crippen LogP contribution in [-0.4, -0.2) is 4.98 Å². The summed E-state index contributed by atoms with van der Waals surface area (Å²) in [5.41, 5.74) is 4.74. The minimum Gasteiger partial charge on any atom is -0.462 e. The Balaban J connectivity index is 2.61. The minimum absolute atomic E-state index is 0.509. The molecule has 0 saturated carbocycles. The minimum atomic E-state index is 0.509. The van der Waals surface area contributed by atoms with Gasteiger partial charge in [-0.25, -0.2) is 0 Å². The van der Waals surface area contributed by atoms with Gasteiger partial charge in [-0.1, -0.05) is 27.7 Å². The molecule has 2 nitrogen and oxygen atoms in total. The molecule has 0 radical (unpaired) electrons. The van der Waals surface area contributed by atoms with Crippen LogP contribution in [0.25, 0.3) is 11.1 Å². The fourth-order valence-corrected chi connectivity index (χ4v) is 1.80. The summed E-state index contributed by atoms with van der Waals surface area (Å²) in [6.07, 6.45) is 3.93. The average Bonchev–Trinajstić information content (AvgIpc) is 2.59. The van der Waals surface area contributed by atoms with Crippen LogP contribution in [0.2, 0.25) is 0 Å². The van der Waals surface area contributed by atoms with Crippen molar-refractivity contribution in [2.24, 2.45) is 0 Å². The zero-order valence-corrected chi connectivity index (χ0v) is 9.22. The molecule has 0 aliphatic heterocycles. The van der Waals surface area contributed by atoms with Crippen LogP contribution < -0.4 is 0 Å². The lowest BCUT2D eigenvalue weighted by atomic mass is 10.0. The van der Waals surface area contributed by atoms with Crippen molar-refractivity contribution in [1.29, 1.82) is 0 Å². The van der Waals surface area contributed by atoms with Gasteiger partial charge in [-0.15, -0.1) is 0 Å². The largest absolute Gasteiger partial charge is 0.462 e.